The summed E-state index contributed by atoms with van der Waals surface area (Å²) in [6, 6.07) is 12.3. The number of benzene rings is 2. The maximum Gasteiger partial charge on any atom is 0.240 e. The molecular weight excluding hydrogens is 338 g/mol. The van der Waals surface area contributed by atoms with Crippen molar-refractivity contribution in [2.45, 2.75) is 11.8 Å². The summed E-state index contributed by atoms with van der Waals surface area (Å²) in [7, 11) is -3.76. The number of halogens is 1. The zero-order chi connectivity index (χ0) is 16.9. The molecule has 122 valence electrons. The number of nitrogens with one attached hydrogen (secondary N) is 1. The molecule has 0 aliphatic heterocycles. The lowest BCUT2D eigenvalue weighted by Crippen LogP contribution is -2.29. The van der Waals surface area contributed by atoms with Crippen LogP contribution in [-0.4, -0.2) is 27.4 Å². The van der Waals surface area contributed by atoms with Gasteiger partial charge in [-0.2, -0.15) is 0 Å². The highest BCUT2D eigenvalue weighted by molar-refractivity contribution is 7.89. The molecule has 7 heteroatoms. The fourth-order valence-electron chi connectivity index (χ4n) is 1.89. The Morgan fingerprint density at radius 3 is 2.48 bits per heavy atom. The van der Waals surface area contributed by atoms with E-state index in [0.29, 0.717) is 22.9 Å². The first kappa shape index (κ1) is 17.5. The van der Waals surface area contributed by atoms with Gasteiger partial charge in [0, 0.05) is 10.6 Å². The molecule has 0 spiro atoms. The Morgan fingerprint density at radius 1 is 1.17 bits per heavy atom. The van der Waals surface area contributed by atoms with E-state index in [-0.39, 0.29) is 17.2 Å². The molecule has 0 aromatic heterocycles. The molecule has 0 saturated carbocycles. The highest BCUT2D eigenvalue weighted by atomic mass is 35.5. The van der Waals surface area contributed by atoms with Crippen LogP contribution in [0.2, 0.25) is 5.02 Å². The van der Waals surface area contributed by atoms with Gasteiger partial charge in [0.25, 0.3) is 0 Å². The topological polar surface area (TPSA) is 72.5 Å². The Balaban J connectivity index is 2.05. The number of ketones is 1. The summed E-state index contributed by atoms with van der Waals surface area (Å²) in [6.45, 7) is 2.00. The monoisotopic (exact) mass is 353 g/mol. The van der Waals surface area contributed by atoms with Crippen molar-refractivity contribution >= 4 is 27.4 Å². The molecule has 0 aliphatic carbocycles. The first-order valence-electron chi connectivity index (χ1n) is 6.93. The molecule has 1 N–H and O–H groups in total. The highest BCUT2D eigenvalue weighted by Crippen LogP contribution is 2.16. The summed E-state index contributed by atoms with van der Waals surface area (Å²) >= 11 is 5.81. The highest BCUT2D eigenvalue weighted by Gasteiger charge is 2.16. The molecule has 0 bridgehead atoms. The molecule has 0 amide bonds. The summed E-state index contributed by atoms with van der Waals surface area (Å²) < 4.78 is 31.9. The van der Waals surface area contributed by atoms with E-state index in [1.807, 2.05) is 6.92 Å². The second kappa shape index (κ2) is 7.59. The third-order valence-corrected chi connectivity index (χ3v) is 4.67. The fraction of sp³-hybridized carbons (Fsp3) is 0.188. The summed E-state index contributed by atoms with van der Waals surface area (Å²) in [5.74, 6) is 0.225. The average molecular weight is 354 g/mol. The number of carbonyl (C=O) groups excluding carboxylic acids is 1. The normalized spacial score (nSPS) is 11.2. The van der Waals surface area contributed by atoms with E-state index in [1.165, 1.54) is 18.2 Å². The minimum absolute atomic E-state index is 0.0693. The standard InChI is InChI=1S/C16H16ClNO4S/c1-2-22-14-6-8-15(9-7-14)23(20,21)18-11-16(19)12-4-3-5-13(17)10-12/h3-10,18H,2,11H2,1H3. The average Bonchev–Trinajstić information content (AvgIpc) is 2.53. The zero-order valence-electron chi connectivity index (χ0n) is 12.5. The lowest BCUT2D eigenvalue weighted by molar-refractivity contribution is 0.0997. The fourth-order valence-corrected chi connectivity index (χ4v) is 3.06. The van der Waals surface area contributed by atoms with Crippen LogP contribution in [0.3, 0.4) is 0 Å². The molecule has 0 unspecified atom stereocenters. The van der Waals surface area contributed by atoms with Gasteiger partial charge in [-0.25, -0.2) is 13.1 Å². The number of hydrogen-bond acceptors (Lipinski definition) is 4. The predicted octanol–water partition coefficient (Wildman–Crippen LogP) is 2.90. The van der Waals surface area contributed by atoms with E-state index in [9.17, 15) is 13.2 Å². The Bertz CT molecular complexity index is 788. The van der Waals surface area contributed by atoms with Gasteiger partial charge in [0.1, 0.15) is 5.75 Å². The minimum atomic E-state index is -3.76. The predicted molar refractivity (Wildman–Crippen MR) is 88.6 cm³/mol. The van der Waals surface area contributed by atoms with Gasteiger partial charge in [0.05, 0.1) is 18.0 Å². The molecule has 2 rings (SSSR count). The third kappa shape index (κ3) is 4.79. The number of Topliss-reactive ketones (excluding diaryl/α,β-unsaturated/α-hetero) is 1. The molecule has 5 nitrogen and oxygen atoms in total. The number of ether oxygens (including phenoxy) is 1. The third-order valence-electron chi connectivity index (χ3n) is 3.01. The second-order valence-electron chi connectivity index (χ2n) is 4.66. The van der Waals surface area contributed by atoms with Crippen molar-refractivity contribution in [3.63, 3.8) is 0 Å². The first-order valence-corrected chi connectivity index (χ1v) is 8.80. The van der Waals surface area contributed by atoms with Gasteiger partial charge in [0.15, 0.2) is 5.78 Å². The van der Waals surface area contributed by atoms with Crippen LogP contribution in [-0.2, 0) is 10.0 Å². The van der Waals surface area contributed by atoms with E-state index in [2.05, 4.69) is 4.72 Å². The van der Waals surface area contributed by atoms with E-state index in [4.69, 9.17) is 16.3 Å². The SMILES string of the molecule is CCOc1ccc(S(=O)(=O)NCC(=O)c2cccc(Cl)c2)cc1. The van der Waals surface area contributed by atoms with Crippen molar-refractivity contribution in [2.75, 3.05) is 13.2 Å². The maximum absolute atomic E-state index is 12.2. The summed E-state index contributed by atoms with van der Waals surface area (Å²) in [5.41, 5.74) is 0.354. The number of sulfonamides is 1. The van der Waals surface area contributed by atoms with Crippen molar-refractivity contribution in [1.82, 2.24) is 4.72 Å². The van der Waals surface area contributed by atoms with Gasteiger partial charge in [-0.05, 0) is 43.3 Å². The van der Waals surface area contributed by atoms with Crippen molar-refractivity contribution < 1.29 is 17.9 Å². The van der Waals surface area contributed by atoms with Gasteiger partial charge in [-0.15, -0.1) is 0 Å². The van der Waals surface area contributed by atoms with Crippen LogP contribution in [0.1, 0.15) is 17.3 Å². The summed E-state index contributed by atoms with van der Waals surface area (Å²) in [4.78, 5) is 12.1. The number of hydrogen-bond donors (Lipinski definition) is 1. The lowest BCUT2D eigenvalue weighted by Gasteiger charge is -2.08. The van der Waals surface area contributed by atoms with Crippen LogP contribution in [0.25, 0.3) is 0 Å². The first-order chi connectivity index (χ1) is 10.9. The zero-order valence-corrected chi connectivity index (χ0v) is 14.0. The molecular formula is C16H16ClNO4S. The maximum atomic E-state index is 12.2. The molecule has 0 radical (unpaired) electrons. The van der Waals surface area contributed by atoms with E-state index >= 15 is 0 Å². The smallest absolute Gasteiger partial charge is 0.240 e. The van der Waals surface area contributed by atoms with Crippen LogP contribution in [0.15, 0.2) is 53.4 Å². The largest absolute Gasteiger partial charge is 0.494 e. The van der Waals surface area contributed by atoms with E-state index < -0.39 is 10.0 Å². The van der Waals surface area contributed by atoms with Crippen molar-refractivity contribution in [3.8, 4) is 5.75 Å². The quantitative estimate of drug-likeness (QED) is 0.777. The van der Waals surface area contributed by atoms with Gasteiger partial charge in [-0.3, -0.25) is 4.79 Å². The molecule has 23 heavy (non-hydrogen) atoms. The van der Waals surface area contributed by atoms with Gasteiger partial charge >= 0.3 is 0 Å². The summed E-state index contributed by atoms with van der Waals surface area (Å²) in [6.07, 6.45) is 0. The van der Waals surface area contributed by atoms with E-state index in [1.54, 1.807) is 30.3 Å². The van der Waals surface area contributed by atoms with Crippen LogP contribution in [0, 0.1) is 0 Å². The van der Waals surface area contributed by atoms with Crippen LogP contribution < -0.4 is 9.46 Å². The van der Waals surface area contributed by atoms with E-state index in [0.717, 1.165) is 0 Å². The molecule has 0 fully saturated rings. The Kier molecular flexibility index (Phi) is 5.76. The molecule has 0 saturated heterocycles. The minimum Gasteiger partial charge on any atom is -0.494 e. The van der Waals surface area contributed by atoms with Crippen LogP contribution in [0.4, 0.5) is 0 Å². The van der Waals surface area contributed by atoms with Crippen LogP contribution in [0.5, 0.6) is 5.75 Å². The number of rotatable bonds is 7. The van der Waals surface area contributed by atoms with Gasteiger partial charge in [-0.1, -0.05) is 23.7 Å². The van der Waals surface area contributed by atoms with Gasteiger partial charge < -0.3 is 4.74 Å². The van der Waals surface area contributed by atoms with Gasteiger partial charge in [0.2, 0.25) is 10.0 Å². The number of carbonyl (C=O) groups is 1. The lowest BCUT2D eigenvalue weighted by atomic mass is 10.1. The molecule has 0 aliphatic rings. The molecule has 2 aromatic carbocycles. The van der Waals surface area contributed by atoms with Crippen molar-refractivity contribution in [1.29, 1.82) is 0 Å². The Labute approximate surface area is 140 Å². The van der Waals surface area contributed by atoms with Crippen molar-refractivity contribution in [3.05, 3.63) is 59.1 Å². The molecule has 0 heterocycles. The Hall–Kier alpha value is -1.89. The van der Waals surface area contributed by atoms with Crippen LogP contribution >= 0.6 is 11.6 Å². The Morgan fingerprint density at radius 2 is 1.87 bits per heavy atom. The van der Waals surface area contributed by atoms with Crippen molar-refractivity contribution in [2.24, 2.45) is 0 Å². The second-order valence-corrected chi connectivity index (χ2v) is 6.87. The molecule has 0 atom stereocenters. The molecule has 2 aromatic rings. The summed E-state index contributed by atoms with van der Waals surface area (Å²) in [5, 5.41) is 0.422.